The van der Waals surface area contributed by atoms with Crippen molar-refractivity contribution in [3.8, 4) is 0 Å². The summed E-state index contributed by atoms with van der Waals surface area (Å²) in [7, 11) is 0. The molecule has 2 fully saturated rings. The van der Waals surface area contributed by atoms with Crippen LogP contribution in [0.3, 0.4) is 0 Å². The van der Waals surface area contributed by atoms with Crippen LogP contribution in [-0.2, 0) is 4.79 Å². The molecular weight excluding hydrogens is 224 g/mol. The lowest BCUT2D eigenvalue weighted by Crippen LogP contribution is -2.54. The Balaban J connectivity index is 1.85. The first kappa shape index (κ1) is 13.9. The monoisotopic (exact) mass is 252 g/mol. The van der Waals surface area contributed by atoms with Crippen molar-refractivity contribution in [2.45, 2.75) is 64.8 Å². The Labute approximate surface area is 111 Å². The standard InChI is InChI=1S/C15H28N2O/c1-15(2)11-17(9-8-13(15)16)14(18)10-12-6-4-3-5-7-12/h12-13H,3-11,16H2,1-2H3. The van der Waals surface area contributed by atoms with E-state index in [-0.39, 0.29) is 11.5 Å². The number of rotatable bonds is 2. The van der Waals surface area contributed by atoms with Crippen LogP contribution in [0.25, 0.3) is 0 Å². The molecule has 0 spiro atoms. The van der Waals surface area contributed by atoms with Crippen molar-refractivity contribution in [2.24, 2.45) is 17.1 Å². The first-order valence-corrected chi connectivity index (χ1v) is 7.52. The largest absolute Gasteiger partial charge is 0.342 e. The van der Waals surface area contributed by atoms with Gasteiger partial charge in [0.15, 0.2) is 0 Å². The zero-order valence-corrected chi connectivity index (χ0v) is 12.0. The summed E-state index contributed by atoms with van der Waals surface area (Å²) in [5.74, 6) is 1.01. The van der Waals surface area contributed by atoms with E-state index in [0.717, 1.165) is 25.9 Å². The summed E-state index contributed by atoms with van der Waals surface area (Å²) in [5, 5.41) is 0. The molecule has 18 heavy (non-hydrogen) atoms. The van der Waals surface area contributed by atoms with Gasteiger partial charge in [0.05, 0.1) is 0 Å². The van der Waals surface area contributed by atoms with Crippen molar-refractivity contribution >= 4 is 5.91 Å². The van der Waals surface area contributed by atoms with Crippen molar-refractivity contribution < 1.29 is 4.79 Å². The molecule has 104 valence electrons. The average Bonchev–Trinajstić information content (AvgIpc) is 2.34. The number of carbonyl (C=O) groups is 1. The molecule has 1 amide bonds. The zero-order chi connectivity index (χ0) is 13.2. The van der Waals surface area contributed by atoms with Crippen molar-refractivity contribution in [3.63, 3.8) is 0 Å². The third-order valence-corrected chi connectivity index (χ3v) is 4.85. The first-order chi connectivity index (χ1) is 8.49. The lowest BCUT2D eigenvalue weighted by Gasteiger charge is -2.43. The highest BCUT2D eigenvalue weighted by molar-refractivity contribution is 5.76. The second-order valence-electron chi connectivity index (χ2n) is 6.91. The molecule has 0 bridgehead atoms. The number of carbonyl (C=O) groups excluding carboxylic acids is 1. The maximum absolute atomic E-state index is 12.3. The van der Waals surface area contributed by atoms with Crippen LogP contribution in [0.5, 0.6) is 0 Å². The smallest absolute Gasteiger partial charge is 0.222 e. The molecule has 2 N–H and O–H groups in total. The fourth-order valence-electron chi connectivity index (χ4n) is 3.35. The molecule has 3 nitrogen and oxygen atoms in total. The maximum atomic E-state index is 12.3. The minimum absolute atomic E-state index is 0.0699. The Hall–Kier alpha value is -0.570. The number of likely N-dealkylation sites (tertiary alicyclic amines) is 1. The molecule has 2 aliphatic rings. The van der Waals surface area contributed by atoms with E-state index < -0.39 is 0 Å². The molecule has 1 heterocycles. The van der Waals surface area contributed by atoms with E-state index in [9.17, 15) is 4.79 Å². The molecule has 1 saturated heterocycles. The fourth-order valence-corrected chi connectivity index (χ4v) is 3.35. The second-order valence-corrected chi connectivity index (χ2v) is 6.91. The van der Waals surface area contributed by atoms with E-state index in [4.69, 9.17) is 5.73 Å². The van der Waals surface area contributed by atoms with Crippen LogP contribution in [0, 0.1) is 11.3 Å². The average molecular weight is 252 g/mol. The van der Waals surface area contributed by atoms with Gasteiger partial charge in [-0.2, -0.15) is 0 Å². The summed E-state index contributed by atoms with van der Waals surface area (Å²) < 4.78 is 0. The van der Waals surface area contributed by atoms with Gasteiger partial charge in [0, 0.05) is 25.6 Å². The summed E-state index contributed by atoms with van der Waals surface area (Å²) >= 11 is 0. The molecule has 1 aliphatic carbocycles. The molecule has 1 saturated carbocycles. The van der Waals surface area contributed by atoms with Gasteiger partial charge in [0.25, 0.3) is 0 Å². The number of nitrogens with two attached hydrogens (primary N) is 1. The highest BCUT2D eigenvalue weighted by Gasteiger charge is 2.35. The van der Waals surface area contributed by atoms with Crippen LogP contribution in [0.1, 0.15) is 58.8 Å². The SMILES string of the molecule is CC1(C)CN(C(=O)CC2CCCCC2)CCC1N. The van der Waals surface area contributed by atoms with Crippen molar-refractivity contribution in [2.75, 3.05) is 13.1 Å². The number of hydrogen-bond donors (Lipinski definition) is 1. The predicted octanol–water partition coefficient (Wildman–Crippen LogP) is 2.54. The normalized spacial score (nSPS) is 29.3. The Morgan fingerprint density at radius 2 is 1.89 bits per heavy atom. The van der Waals surface area contributed by atoms with Gasteiger partial charge in [0.2, 0.25) is 5.91 Å². The quantitative estimate of drug-likeness (QED) is 0.821. The Kier molecular flexibility index (Phi) is 4.31. The zero-order valence-electron chi connectivity index (χ0n) is 12.0. The van der Waals surface area contributed by atoms with Gasteiger partial charge in [-0.1, -0.05) is 33.1 Å². The fraction of sp³-hybridized carbons (Fsp3) is 0.933. The number of nitrogens with zero attached hydrogens (tertiary/aromatic N) is 1. The molecule has 2 rings (SSSR count). The first-order valence-electron chi connectivity index (χ1n) is 7.52. The van der Waals surface area contributed by atoms with Crippen molar-refractivity contribution in [3.05, 3.63) is 0 Å². The lowest BCUT2D eigenvalue weighted by atomic mass is 9.79. The van der Waals surface area contributed by atoms with Gasteiger partial charge in [0.1, 0.15) is 0 Å². The summed E-state index contributed by atoms with van der Waals surface area (Å²) in [6.07, 6.45) is 8.21. The summed E-state index contributed by atoms with van der Waals surface area (Å²) in [6, 6.07) is 0.233. The van der Waals surface area contributed by atoms with Gasteiger partial charge in [-0.05, 0) is 30.6 Å². The molecule has 3 heteroatoms. The Morgan fingerprint density at radius 3 is 2.50 bits per heavy atom. The van der Waals surface area contributed by atoms with Crippen LogP contribution in [-0.4, -0.2) is 29.9 Å². The number of piperidine rings is 1. The summed E-state index contributed by atoms with van der Waals surface area (Å²) in [5.41, 5.74) is 6.19. The minimum Gasteiger partial charge on any atom is -0.342 e. The van der Waals surface area contributed by atoms with Crippen LogP contribution < -0.4 is 5.73 Å². The van der Waals surface area contributed by atoms with E-state index in [2.05, 4.69) is 18.7 Å². The summed E-state index contributed by atoms with van der Waals surface area (Å²) in [4.78, 5) is 14.4. The molecule has 1 unspecified atom stereocenters. The third kappa shape index (κ3) is 3.25. The van der Waals surface area contributed by atoms with Crippen LogP contribution >= 0.6 is 0 Å². The number of amides is 1. The van der Waals surface area contributed by atoms with E-state index in [1.807, 2.05) is 0 Å². The molecule has 0 aromatic heterocycles. The number of hydrogen-bond acceptors (Lipinski definition) is 2. The van der Waals surface area contributed by atoms with Crippen LogP contribution in [0.15, 0.2) is 0 Å². The highest BCUT2D eigenvalue weighted by Crippen LogP contribution is 2.30. The van der Waals surface area contributed by atoms with Gasteiger partial charge in [-0.3, -0.25) is 4.79 Å². The van der Waals surface area contributed by atoms with Gasteiger partial charge < -0.3 is 10.6 Å². The van der Waals surface area contributed by atoms with E-state index >= 15 is 0 Å². The van der Waals surface area contributed by atoms with E-state index in [1.165, 1.54) is 32.1 Å². The minimum atomic E-state index is 0.0699. The maximum Gasteiger partial charge on any atom is 0.222 e. The molecule has 1 atom stereocenters. The van der Waals surface area contributed by atoms with Crippen LogP contribution in [0.2, 0.25) is 0 Å². The van der Waals surface area contributed by atoms with E-state index in [1.54, 1.807) is 0 Å². The predicted molar refractivity (Wildman–Crippen MR) is 74.1 cm³/mol. The van der Waals surface area contributed by atoms with Crippen molar-refractivity contribution in [1.29, 1.82) is 0 Å². The third-order valence-electron chi connectivity index (χ3n) is 4.85. The molecule has 0 aromatic carbocycles. The van der Waals surface area contributed by atoms with E-state index in [0.29, 0.717) is 11.8 Å². The summed E-state index contributed by atoms with van der Waals surface area (Å²) in [6.45, 7) is 6.05. The van der Waals surface area contributed by atoms with Gasteiger partial charge in [-0.15, -0.1) is 0 Å². The lowest BCUT2D eigenvalue weighted by molar-refractivity contribution is -0.135. The second kappa shape index (κ2) is 5.60. The van der Waals surface area contributed by atoms with Crippen molar-refractivity contribution in [1.82, 2.24) is 4.90 Å². The highest BCUT2D eigenvalue weighted by atomic mass is 16.2. The molecule has 0 radical (unpaired) electrons. The Bertz CT molecular complexity index is 295. The van der Waals surface area contributed by atoms with Gasteiger partial charge in [-0.25, -0.2) is 0 Å². The van der Waals surface area contributed by atoms with Crippen LogP contribution in [0.4, 0.5) is 0 Å². The van der Waals surface area contributed by atoms with Gasteiger partial charge >= 0.3 is 0 Å². The molecule has 0 aromatic rings. The Morgan fingerprint density at radius 1 is 1.22 bits per heavy atom. The topological polar surface area (TPSA) is 46.3 Å². The molecular formula is C15H28N2O. The molecule has 1 aliphatic heterocycles.